The van der Waals surface area contributed by atoms with Gasteiger partial charge >= 0.3 is 0 Å². The Hall–Kier alpha value is -3.61. The summed E-state index contributed by atoms with van der Waals surface area (Å²) in [6.07, 6.45) is 0. The van der Waals surface area contributed by atoms with E-state index in [9.17, 15) is 9.59 Å². The normalized spacial score (nSPS) is 10.4. The number of hydrogen-bond donors (Lipinski definition) is 2. The Labute approximate surface area is 169 Å². The van der Waals surface area contributed by atoms with Gasteiger partial charge in [-0.3, -0.25) is 14.3 Å². The van der Waals surface area contributed by atoms with Gasteiger partial charge in [-0.1, -0.05) is 48.5 Å². The smallest absolute Gasteiger partial charge is 0.258 e. The lowest BCUT2D eigenvalue weighted by Gasteiger charge is -2.12. The third-order valence-corrected chi connectivity index (χ3v) is 4.55. The van der Waals surface area contributed by atoms with Gasteiger partial charge in [0.2, 0.25) is 5.91 Å². The zero-order valence-electron chi connectivity index (χ0n) is 16.7. The molecule has 7 nitrogen and oxygen atoms in total. The second kappa shape index (κ2) is 9.05. The molecule has 2 aromatic carbocycles. The number of anilines is 1. The predicted octanol–water partition coefficient (Wildman–Crippen LogP) is 2.84. The van der Waals surface area contributed by atoms with Crippen molar-refractivity contribution in [1.82, 2.24) is 15.1 Å². The van der Waals surface area contributed by atoms with E-state index in [0.717, 1.165) is 22.5 Å². The van der Waals surface area contributed by atoms with Crippen molar-refractivity contribution in [1.29, 1.82) is 0 Å². The maximum absolute atomic E-state index is 12.1. The molecule has 2 amide bonds. The van der Waals surface area contributed by atoms with Crippen LogP contribution in [0.2, 0.25) is 0 Å². The molecular weight excluding hydrogens is 368 g/mol. The van der Waals surface area contributed by atoms with E-state index in [4.69, 9.17) is 4.74 Å². The number of ether oxygens (including phenoxy) is 1. The van der Waals surface area contributed by atoms with Crippen LogP contribution in [-0.2, 0) is 16.6 Å². The number of carbonyl (C=O) groups excluding carboxylic acids is 2. The van der Waals surface area contributed by atoms with Gasteiger partial charge in [-0.25, -0.2) is 0 Å². The van der Waals surface area contributed by atoms with Crippen molar-refractivity contribution in [3.8, 4) is 16.9 Å². The van der Waals surface area contributed by atoms with Crippen molar-refractivity contribution < 1.29 is 14.3 Å². The summed E-state index contributed by atoms with van der Waals surface area (Å²) in [5.74, 6) is -0.0789. The van der Waals surface area contributed by atoms with Gasteiger partial charge in [0.15, 0.2) is 6.61 Å². The quantitative estimate of drug-likeness (QED) is 0.647. The van der Waals surface area contributed by atoms with E-state index in [1.807, 2.05) is 75.5 Å². The number of para-hydroxylation sites is 1. The van der Waals surface area contributed by atoms with Gasteiger partial charge in [0.1, 0.15) is 5.75 Å². The SMILES string of the molecule is Cc1nn(C)c(C)c1NC(=O)CNC(=O)COc1ccccc1-c1ccccc1. The summed E-state index contributed by atoms with van der Waals surface area (Å²) in [4.78, 5) is 24.3. The highest BCUT2D eigenvalue weighted by Crippen LogP contribution is 2.29. The Bertz CT molecular complexity index is 1010. The van der Waals surface area contributed by atoms with Crippen molar-refractivity contribution in [2.24, 2.45) is 7.05 Å². The number of nitrogens with zero attached hydrogens (tertiary/aromatic N) is 2. The summed E-state index contributed by atoms with van der Waals surface area (Å²) in [5, 5.41) is 9.61. The molecule has 0 aliphatic rings. The van der Waals surface area contributed by atoms with Gasteiger partial charge in [0.25, 0.3) is 5.91 Å². The van der Waals surface area contributed by atoms with Gasteiger partial charge in [-0.2, -0.15) is 5.10 Å². The van der Waals surface area contributed by atoms with Crippen LogP contribution in [0.25, 0.3) is 11.1 Å². The van der Waals surface area contributed by atoms with Gasteiger partial charge in [-0.15, -0.1) is 0 Å². The lowest BCUT2D eigenvalue weighted by Crippen LogP contribution is -2.36. The van der Waals surface area contributed by atoms with Gasteiger partial charge < -0.3 is 15.4 Å². The molecule has 0 fully saturated rings. The van der Waals surface area contributed by atoms with Crippen molar-refractivity contribution in [3.05, 3.63) is 66.0 Å². The Morgan fingerprint density at radius 3 is 2.38 bits per heavy atom. The number of nitrogens with one attached hydrogen (secondary N) is 2. The Morgan fingerprint density at radius 1 is 1.00 bits per heavy atom. The van der Waals surface area contributed by atoms with Crippen LogP contribution < -0.4 is 15.4 Å². The highest BCUT2D eigenvalue weighted by molar-refractivity contribution is 5.95. The molecule has 0 bridgehead atoms. The molecule has 3 rings (SSSR count). The summed E-state index contributed by atoms with van der Waals surface area (Å²) < 4.78 is 7.38. The van der Waals surface area contributed by atoms with Crippen LogP contribution in [0.4, 0.5) is 5.69 Å². The average Bonchev–Trinajstić information content (AvgIpc) is 2.97. The van der Waals surface area contributed by atoms with Crippen molar-refractivity contribution in [2.75, 3.05) is 18.5 Å². The number of benzene rings is 2. The molecular formula is C22H24N4O3. The molecule has 3 aromatic rings. The molecule has 29 heavy (non-hydrogen) atoms. The zero-order chi connectivity index (χ0) is 20.8. The van der Waals surface area contributed by atoms with Gasteiger partial charge in [-0.05, 0) is 25.5 Å². The Kier molecular flexibility index (Phi) is 6.29. The molecule has 0 atom stereocenters. The first-order chi connectivity index (χ1) is 14.0. The van der Waals surface area contributed by atoms with E-state index in [0.29, 0.717) is 11.4 Å². The van der Waals surface area contributed by atoms with Crippen LogP contribution >= 0.6 is 0 Å². The Morgan fingerprint density at radius 2 is 1.69 bits per heavy atom. The minimum Gasteiger partial charge on any atom is -0.483 e. The average molecular weight is 392 g/mol. The molecule has 2 N–H and O–H groups in total. The van der Waals surface area contributed by atoms with Crippen LogP contribution in [0.1, 0.15) is 11.4 Å². The monoisotopic (exact) mass is 392 g/mol. The van der Waals surface area contributed by atoms with E-state index >= 15 is 0 Å². The minimum atomic E-state index is -0.373. The number of aryl methyl sites for hydroxylation is 2. The summed E-state index contributed by atoms with van der Waals surface area (Å²) in [6, 6.07) is 17.3. The number of hydrogen-bond acceptors (Lipinski definition) is 4. The highest BCUT2D eigenvalue weighted by Gasteiger charge is 2.14. The van der Waals surface area contributed by atoms with Gasteiger partial charge in [0.05, 0.1) is 23.6 Å². The summed E-state index contributed by atoms with van der Waals surface area (Å²) in [7, 11) is 1.81. The first-order valence-corrected chi connectivity index (χ1v) is 9.29. The summed E-state index contributed by atoms with van der Waals surface area (Å²) >= 11 is 0. The largest absolute Gasteiger partial charge is 0.483 e. The van der Waals surface area contributed by atoms with E-state index in [2.05, 4.69) is 15.7 Å². The first kappa shape index (κ1) is 20.1. The fourth-order valence-corrected chi connectivity index (χ4v) is 2.96. The summed E-state index contributed by atoms with van der Waals surface area (Å²) in [6.45, 7) is 3.36. The predicted molar refractivity (Wildman–Crippen MR) is 112 cm³/mol. The molecule has 0 spiro atoms. The summed E-state index contributed by atoms with van der Waals surface area (Å²) in [5.41, 5.74) is 4.15. The third-order valence-electron chi connectivity index (χ3n) is 4.55. The second-order valence-corrected chi connectivity index (χ2v) is 6.65. The highest BCUT2D eigenvalue weighted by atomic mass is 16.5. The molecule has 7 heteroatoms. The van der Waals surface area contributed by atoms with Crippen LogP contribution in [0.3, 0.4) is 0 Å². The lowest BCUT2D eigenvalue weighted by atomic mass is 10.1. The van der Waals surface area contributed by atoms with Crippen LogP contribution in [-0.4, -0.2) is 34.7 Å². The second-order valence-electron chi connectivity index (χ2n) is 6.65. The van der Waals surface area contributed by atoms with Crippen LogP contribution in [0.15, 0.2) is 54.6 Å². The van der Waals surface area contributed by atoms with Crippen LogP contribution in [0.5, 0.6) is 5.75 Å². The zero-order valence-corrected chi connectivity index (χ0v) is 16.7. The Balaban J connectivity index is 1.53. The molecule has 1 aromatic heterocycles. The van der Waals surface area contributed by atoms with Crippen molar-refractivity contribution in [2.45, 2.75) is 13.8 Å². The van der Waals surface area contributed by atoms with Crippen molar-refractivity contribution >= 4 is 17.5 Å². The molecule has 0 unspecified atom stereocenters. The molecule has 0 aliphatic heterocycles. The number of carbonyl (C=O) groups is 2. The molecule has 0 aliphatic carbocycles. The molecule has 0 saturated heterocycles. The van der Waals surface area contributed by atoms with E-state index < -0.39 is 0 Å². The van der Waals surface area contributed by atoms with E-state index in [-0.39, 0.29) is 25.0 Å². The number of aromatic nitrogens is 2. The standard InChI is InChI=1S/C22H24N4O3/c1-15-22(16(2)26(3)25-15)24-20(27)13-23-21(28)14-29-19-12-8-7-11-18(19)17-9-5-4-6-10-17/h4-12H,13-14H2,1-3H3,(H,23,28)(H,24,27). The maximum atomic E-state index is 12.1. The van der Waals surface area contributed by atoms with E-state index in [1.54, 1.807) is 4.68 Å². The fourth-order valence-electron chi connectivity index (χ4n) is 2.96. The molecule has 0 radical (unpaired) electrons. The van der Waals surface area contributed by atoms with Gasteiger partial charge in [0, 0.05) is 12.6 Å². The number of amides is 2. The molecule has 1 heterocycles. The van der Waals surface area contributed by atoms with E-state index in [1.165, 1.54) is 0 Å². The molecule has 150 valence electrons. The topological polar surface area (TPSA) is 85.3 Å². The first-order valence-electron chi connectivity index (χ1n) is 9.29. The van der Waals surface area contributed by atoms with Crippen molar-refractivity contribution in [3.63, 3.8) is 0 Å². The third kappa shape index (κ3) is 5.01. The van der Waals surface area contributed by atoms with Crippen LogP contribution in [0, 0.1) is 13.8 Å². The minimum absolute atomic E-state index is 0.143. The fraction of sp³-hybridized carbons (Fsp3) is 0.227. The molecule has 0 saturated carbocycles. The number of rotatable bonds is 7. The maximum Gasteiger partial charge on any atom is 0.258 e. The lowest BCUT2D eigenvalue weighted by molar-refractivity contribution is -0.125.